The molecule has 8 nitrogen and oxygen atoms in total. The SMILES string of the molecule is CCCN1C(=O)[C@H]2[C@H](CC=C3[C@H]2C[C@H]2C(=O)N(c4cccc(Cl)c4)C(=O)[C@@]2(c2ccccc2)[C@H]3c2cc(Br)cc(OC)c2O)C1=O. The van der Waals surface area contributed by atoms with Crippen molar-refractivity contribution in [3.63, 3.8) is 0 Å². The van der Waals surface area contributed by atoms with Crippen molar-refractivity contribution in [3.8, 4) is 11.5 Å². The van der Waals surface area contributed by atoms with Gasteiger partial charge in [-0.15, -0.1) is 0 Å². The van der Waals surface area contributed by atoms with Crippen molar-refractivity contribution in [2.45, 2.75) is 37.5 Å². The Labute approximate surface area is 280 Å². The molecule has 4 amide bonds. The maximum absolute atomic E-state index is 15.3. The Balaban J connectivity index is 1.53. The van der Waals surface area contributed by atoms with Crippen LogP contribution in [0.4, 0.5) is 5.69 Å². The van der Waals surface area contributed by atoms with E-state index in [1.54, 1.807) is 36.4 Å². The second-order valence-corrected chi connectivity index (χ2v) is 13.8. The van der Waals surface area contributed by atoms with Gasteiger partial charge in [-0.1, -0.05) is 82.5 Å². The van der Waals surface area contributed by atoms with E-state index >= 15 is 4.79 Å². The van der Waals surface area contributed by atoms with Gasteiger partial charge in [0.25, 0.3) is 0 Å². The zero-order chi connectivity index (χ0) is 32.5. The number of aromatic hydroxyl groups is 1. The first-order valence-electron chi connectivity index (χ1n) is 15.5. The molecule has 0 bridgehead atoms. The quantitative estimate of drug-likeness (QED) is 0.236. The number of halogens is 2. The summed E-state index contributed by atoms with van der Waals surface area (Å²) in [5.41, 5.74) is 0.636. The number of imide groups is 2. The highest BCUT2D eigenvalue weighted by Gasteiger charge is 2.70. The molecule has 10 heteroatoms. The monoisotopic (exact) mass is 702 g/mol. The molecule has 3 aromatic rings. The van der Waals surface area contributed by atoms with Crippen molar-refractivity contribution < 1.29 is 29.0 Å². The van der Waals surface area contributed by atoms with Gasteiger partial charge in [-0.3, -0.25) is 24.1 Å². The minimum Gasteiger partial charge on any atom is -0.504 e. The molecule has 2 aliphatic carbocycles. The number of ether oxygens (including phenoxy) is 1. The van der Waals surface area contributed by atoms with Gasteiger partial charge in [-0.2, -0.15) is 0 Å². The lowest BCUT2D eigenvalue weighted by atomic mass is 9.49. The normalized spacial score (nSPS) is 28.6. The molecule has 6 atom stereocenters. The summed E-state index contributed by atoms with van der Waals surface area (Å²) in [4.78, 5) is 60.1. The fourth-order valence-electron chi connectivity index (χ4n) is 8.57. The summed E-state index contributed by atoms with van der Waals surface area (Å²) in [6.07, 6.45) is 3.12. The van der Waals surface area contributed by atoms with Crippen LogP contribution in [0.1, 0.15) is 43.2 Å². The van der Waals surface area contributed by atoms with Crippen molar-refractivity contribution in [3.05, 3.63) is 99.0 Å². The zero-order valence-corrected chi connectivity index (χ0v) is 27.6. The van der Waals surface area contributed by atoms with E-state index in [0.717, 1.165) is 5.57 Å². The van der Waals surface area contributed by atoms with E-state index in [2.05, 4.69) is 15.9 Å². The number of hydrogen-bond acceptors (Lipinski definition) is 6. The number of phenols is 1. The van der Waals surface area contributed by atoms with E-state index in [-0.39, 0.29) is 29.7 Å². The molecule has 1 N–H and O–H groups in total. The van der Waals surface area contributed by atoms with Crippen LogP contribution in [0.5, 0.6) is 11.5 Å². The molecule has 3 fully saturated rings. The van der Waals surface area contributed by atoms with Gasteiger partial charge in [0.1, 0.15) is 0 Å². The van der Waals surface area contributed by atoms with Crippen LogP contribution < -0.4 is 9.64 Å². The Hall–Kier alpha value is -3.95. The number of allylic oxidation sites excluding steroid dienone is 2. The fraction of sp³-hybridized carbons (Fsp3) is 0.333. The minimum absolute atomic E-state index is 0.156. The molecule has 2 saturated heterocycles. The predicted molar refractivity (Wildman–Crippen MR) is 175 cm³/mol. The third kappa shape index (κ3) is 4.24. The maximum atomic E-state index is 15.3. The first-order valence-corrected chi connectivity index (χ1v) is 16.6. The summed E-state index contributed by atoms with van der Waals surface area (Å²) in [6.45, 7) is 2.25. The molecule has 0 spiro atoms. The number of rotatable bonds is 6. The lowest BCUT2D eigenvalue weighted by Crippen LogP contribution is -2.53. The Morgan fingerprint density at radius 1 is 0.978 bits per heavy atom. The minimum atomic E-state index is -1.49. The third-order valence-electron chi connectivity index (χ3n) is 10.3. The molecular formula is C36H32BrClN2O6. The van der Waals surface area contributed by atoms with E-state index in [0.29, 0.717) is 45.7 Å². The van der Waals surface area contributed by atoms with Gasteiger partial charge in [-0.05, 0) is 61.1 Å². The lowest BCUT2D eigenvalue weighted by molar-refractivity contribution is -0.140. The molecule has 3 aromatic carbocycles. The summed E-state index contributed by atoms with van der Waals surface area (Å²) in [5.74, 6) is -4.74. The topological polar surface area (TPSA) is 104 Å². The van der Waals surface area contributed by atoms with Crippen LogP contribution in [0.25, 0.3) is 0 Å². The van der Waals surface area contributed by atoms with Crippen LogP contribution in [0.3, 0.4) is 0 Å². The van der Waals surface area contributed by atoms with Gasteiger partial charge >= 0.3 is 0 Å². The molecule has 236 valence electrons. The Morgan fingerprint density at radius 3 is 2.43 bits per heavy atom. The Morgan fingerprint density at radius 2 is 1.74 bits per heavy atom. The second kappa shape index (κ2) is 11.4. The largest absolute Gasteiger partial charge is 0.504 e. The number of carbonyl (C=O) groups is 4. The van der Waals surface area contributed by atoms with Crippen molar-refractivity contribution in [1.29, 1.82) is 0 Å². The number of benzene rings is 3. The molecule has 7 rings (SSSR count). The number of nitrogens with zero attached hydrogens (tertiary/aromatic N) is 2. The van der Waals surface area contributed by atoms with Crippen LogP contribution >= 0.6 is 27.5 Å². The molecule has 2 aliphatic heterocycles. The van der Waals surface area contributed by atoms with E-state index < -0.39 is 46.8 Å². The molecule has 46 heavy (non-hydrogen) atoms. The summed E-state index contributed by atoms with van der Waals surface area (Å²) in [5, 5.41) is 12.1. The average Bonchev–Trinajstić information content (AvgIpc) is 3.43. The number of methoxy groups -OCH3 is 1. The highest BCUT2D eigenvalue weighted by Crippen LogP contribution is 2.65. The number of hydrogen-bond donors (Lipinski definition) is 1. The van der Waals surface area contributed by atoms with E-state index in [9.17, 15) is 19.5 Å². The average molecular weight is 704 g/mol. The molecule has 0 aromatic heterocycles. The fourth-order valence-corrected chi connectivity index (χ4v) is 9.21. The van der Waals surface area contributed by atoms with E-state index in [1.807, 2.05) is 43.3 Å². The van der Waals surface area contributed by atoms with Crippen molar-refractivity contribution >= 4 is 56.8 Å². The number of amides is 4. The van der Waals surface area contributed by atoms with Crippen LogP contribution in [-0.4, -0.2) is 47.3 Å². The summed E-state index contributed by atoms with van der Waals surface area (Å²) in [7, 11) is 1.45. The summed E-state index contributed by atoms with van der Waals surface area (Å²) < 4.78 is 6.16. The third-order valence-corrected chi connectivity index (χ3v) is 11.0. The van der Waals surface area contributed by atoms with Crippen molar-refractivity contribution in [1.82, 2.24) is 4.90 Å². The number of carbonyl (C=O) groups excluding carboxylic acids is 4. The van der Waals surface area contributed by atoms with E-state index in [4.69, 9.17) is 16.3 Å². The highest BCUT2D eigenvalue weighted by molar-refractivity contribution is 9.10. The Kier molecular flexibility index (Phi) is 7.60. The van der Waals surface area contributed by atoms with Gasteiger partial charge < -0.3 is 9.84 Å². The summed E-state index contributed by atoms with van der Waals surface area (Å²) in [6, 6.07) is 19.2. The van der Waals surface area contributed by atoms with Crippen LogP contribution in [0.15, 0.2) is 82.9 Å². The standard InChI is InChI=1S/C36H32BrClN2O6/c1-3-14-39-32(42)24-13-12-23-25(29(24)34(39)44)18-27-33(43)40(22-11-7-10-21(38)17-22)35(45)36(27,19-8-5-4-6-9-19)30(23)26-15-20(37)16-28(46-2)31(26)41/h4-12,15-17,24-25,27,29-30,41H,3,13-14,18H2,1-2H3/t24-,25+,27-,29-,30+,36+/m0/s1. The predicted octanol–water partition coefficient (Wildman–Crippen LogP) is 6.39. The van der Waals surface area contributed by atoms with Gasteiger partial charge in [0.15, 0.2) is 11.5 Å². The molecule has 0 radical (unpaired) electrons. The molecular weight excluding hydrogens is 672 g/mol. The second-order valence-electron chi connectivity index (χ2n) is 12.5. The van der Waals surface area contributed by atoms with Crippen LogP contribution in [0.2, 0.25) is 5.02 Å². The maximum Gasteiger partial charge on any atom is 0.246 e. The van der Waals surface area contributed by atoms with Gasteiger partial charge in [0.2, 0.25) is 23.6 Å². The van der Waals surface area contributed by atoms with Crippen LogP contribution in [-0.2, 0) is 24.6 Å². The smallest absolute Gasteiger partial charge is 0.246 e. The number of fused-ring (bicyclic) bond motifs is 4. The van der Waals surface area contributed by atoms with E-state index in [1.165, 1.54) is 16.9 Å². The van der Waals surface area contributed by atoms with Gasteiger partial charge in [-0.25, -0.2) is 4.90 Å². The van der Waals surface area contributed by atoms with Crippen LogP contribution in [0, 0.1) is 23.7 Å². The molecule has 4 aliphatic rings. The first kappa shape index (κ1) is 30.7. The highest BCUT2D eigenvalue weighted by atomic mass is 79.9. The zero-order valence-electron chi connectivity index (χ0n) is 25.3. The van der Waals surface area contributed by atoms with Crippen molar-refractivity contribution in [2.24, 2.45) is 23.7 Å². The van der Waals surface area contributed by atoms with Gasteiger partial charge in [0.05, 0.1) is 36.0 Å². The van der Waals surface area contributed by atoms with Gasteiger partial charge in [0, 0.05) is 27.5 Å². The lowest BCUT2D eigenvalue weighted by Gasteiger charge is -2.50. The summed E-state index contributed by atoms with van der Waals surface area (Å²) >= 11 is 9.93. The Bertz CT molecular complexity index is 1830. The first-order chi connectivity index (χ1) is 22.1. The van der Waals surface area contributed by atoms with Crippen molar-refractivity contribution in [2.75, 3.05) is 18.6 Å². The molecule has 1 saturated carbocycles. The molecule has 2 heterocycles. The number of anilines is 1. The number of likely N-dealkylation sites (tertiary alicyclic amines) is 1. The molecule has 0 unspecified atom stereocenters. The number of phenolic OH excluding ortho intramolecular Hbond substituents is 1.